The van der Waals surface area contributed by atoms with Crippen LogP contribution in [-0.4, -0.2) is 58.6 Å². The molecule has 0 aliphatic carbocycles. The average Bonchev–Trinajstić information content (AvgIpc) is 2.62. The van der Waals surface area contributed by atoms with Gasteiger partial charge in [-0.05, 0) is 31.5 Å². The first-order valence-electron chi connectivity index (χ1n) is 8.51. The van der Waals surface area contributed by atoms with Crippen molar-refractivity contribution in [1.82, 2.24) is 10.6 Å². The second-order valence-electron chi connectivity index (χ2n) is 5.99. The lowest BCUT2D eigenvalue weighted by Gasteiger charge is -2.30. The van der Waals surface area contributed by atoms with E-state index in [1.54, 1.807) is 14.2 Å². The molecule has 26 heavy (non-hydrogen) atoms. The lowest BCUT2D eigenvalue weighted by Crippen LogP contribution is -2.55. The van der Waals surface area contributed by atoms with Gasteiger partial charge in [-0.25, -0.2) is 0 Å². The number of halogens is 1. The van der Waals surface area contributed by atoms with E-state index in [-0.39, 0.29) is 36.5 Å². The van der Waals surface area contributed by atoms with Gasteiger partial charge >= 0.3 is 0 Å². The molecule has 2 rings (SSSR count). The minimum Gasteiger partial charge on any atom is -0.493 e. The van der Waals surface area contributed by atoms with Crippen LogP contribution in [0.4, 0.5) is 0 Å². The zero-order chi connectivity index (χ0) is 18.2. The van der Waals surface area contributed by atoms with Gasteiger partial charge in [-0.3, -0.25) is 4.79 Å². The van der Waals surface area contributed by atoms with Crippen LogP contribution in [0.2, 0.25) is 0 Å². The number of hydrogen-bond donors (Lipinski definition) is 2. The third-order valence-corrected chi connectivity index (χ3v) is 4.19. The van der Waals surface area contributed by atoms with Gasteiger partial charge in [0, 0.05) is 13.7 Å². The SMILES string of the molecule is COCCOc1ccc(C(C)NC(=O)[C@H]2NCCO[C@@H]2C)cc1OC.Cl. The summed E-state index contributed by atoms with van der Waals surface area (Å²) in [5.74, 6) is 1.21. The summed E-state index contributed by atoms with van der Waals surface area (Å²) in [5, 5.41) is 6.21. The van der Waals surface area contributed by atoms with Crippen molar-refractivity contribution < 1.29 is 23.7 Å². The predicted octanol–water partition coefficient (Wildman–Crippen LogP) is 1.70. The summed E-state index contributed by atoms with van der Waals surface area (Å²) < 4.78 is 21.5. The Morgan fingerprint density at radius 3 is 2.77 bits per heavy atom. The van der Waals surface area contributed by atoms with Crippen molar-refractivity contribution in [3.63, 3.8) is 0 Å². The molecule has 0 radical (unpaired) electrons. The van der Waals surface area contributed by atoms with E-state index in [1.165, 1.54) is 0 Å². The third-order valence-electron chi connectivity index (χ3n) is 4.19. The smallest absolute Gasteiger partial charge is 0.240 e. The summed E-state index contributed by atoms with van der Waals surface area (Å²) in [4.78, 5) is 12.5. The molecule has 1 fully saturated rings. The van der Waals surface area contributed by atoms with Crippen molar-refractivity contribution in [2.45, 2.75) is 32.0 Å². The molecule has 1 aliphatic heterocycles. The van der Waals surface area contributed by atoms with Crippen LogP contribution in [0.1, 0.15) is 25.5 Å². The number of benzene rings is 1. The van der Waals surface area contributed by atoms with Crippen LogP contribution in [0.15, 0.2) is 18.2 Å². The normalized spacial score (nSPS) is 20.6. The molecular weight excluding hydrogens is 360 g/mol. The molecule has 0 bridgehead atoms. The fourth-order valence-corrected chi connectivity index (χ4v) is 2.72. The number of morpholine rings is 1. The molecule has 1 saturated heterocycles. The van der Waals surface area contributed by atoms with Crippen molar-refractivity contribution in [2.75, 3.05) is 40.6 Å². The van der Waals surface area contributed by atoms with E-state index in [2.05, 4.69) is 10.6 Å². The van der Waals surface area contributed by atoms with Gasteiger partial charge in [-0.1, -0.05) is 6.07 Å². The average molecular weight is 389 g/mol. The van der Waals surface area contributed by atoms with Crippen LogP contribution in [0.5, 0.6) is 11.5 Å². The highest BCUT2D eigenvalue weighted by Gasteiger charge is 2.29. The molecule has 0 aromatic heterocycles. The molecule has 0 saturated carbocycles. The number of carbonyl (C=O) groups excluding carboxylic acids is 1. The first-order valence-corrected chi connectivity index (χ1v) is 8.51. The maximum absolute atomic E-state index is 12.5. The van der Waals surface area contributed by atoms with Gasteiger partial charge in [0.1, 0.15) is 12.6 Å². The van der Waals surface area contributed by atoms with Crippen LogP contribution in [-0.2, 0) is 14.3 Å². The third kappa shape index (κ3) is 6.02. The second kappa shape index (κ2) is 11.2. The lowest BCUT2D eigenvalue weighted by atomic mass is 10.1. The molecule has 8 heteroatoms. The number of carbonyl (C=O) groups is 1. The van der Waals surface area contributed by atoms with E-state index in [0.717, 1.165) is 5.56 Å². The van der Waals surface area contributed by atoms with Crippen LogP contribution >= 0.6 is 12.4 Å². The fourth-order valence-electron chi connectivity index (χ4n) is 2.72. The molecule has 0 spiro atoms. The first-order chi connectivity index (χ1) is 12.1. The van der Waals surface area contributed by atoms with Crippen molar-refractivity contribution in [2.24, 2.45) is 0 Å². The summed E-state index contributed by atoms with van der Waals surface area (Å²) in [5.41, 5.74) is 0.939. The highest BCUT2D eigenvalue weighted by atomic mass is 35.5. The van der Waals surface area contributed by atoms with E-state index < -0.39 is 0 Å². The molecule has 1 unspecified atom stereocenters. The first kappa shape index (κ1) is 22.5. The summed E-state index contributed by atoms with van der Waals surface area (Å²) in [7, 11) is 3.22. The lowest BCUT2D eigenvalue weighted by molar-refractivity contribution is -0.129. The number of methoxy groups -OCH3 is 2. The number of hydrogen-bond acceptors (Lipinski definition) is 6. The Kier molecular flexibility index (Phi) is 9.72. The number of nitrogens with one attached hydrogen (secondary N) is 2. The van der Waals surface area contributed by atoms with Crippen molar-refractivity contribution >= 4 is 18.3 Å². The summed E-state index contributed by atoms with van der Waals surface area (Å²) in [6.45, 7) is 6.10. The zero-order valence-corrected chi connectivity index (χ0v) is 16.6. The molecule has 7 nitrogen and oxygen atoms in total. The van der Waals surface area contributed by atoms with E-state index in [1.807, 2.05) is 32.0 Å². The minimum atomic E-state index is -0.338. The van der Waals surface area contributed by atoms with Gasteiger partial charge in [0.15, 0.2) is 11.5 Å². The highest BCUT2D eigenvalue weighted by molar-refractivity contribution is 5.85. The van der Waals surface area contributed by atoms with Gasteiger partial charge in [0.2, 0.25) is 5.91 Å². The molecule has 1 heterocycles. The Bertz CT molecular complexity index is 573. The van der Waals surface area contributed by atoms with E-state index in [9.17, 15) is 4.79 Å². The molecule has 1 amide bonds. The molecule has 2 N–H and O–H groups in total. The number of ether oxygens (including phenoxy) is 4. The van der Waals surface area contributed by atoms with Gasteiger partial charge in [-0.15, -0.1) is 12.4 Å². The van der Waals surface area contributed by atoms with Gasteiger partial charge in [0.25, 0.3) is 0 Å². The summed E-state index contributed by atoms with van der Waals surface area (Å²) in [6.07, 6.45) is -0.146. The Morgan fingerprint density at radius 1 is 1.35 bits per heavy atom. The zero-order valence-electron chi connectivity index (χ0n) is 15.7. The van der Waals surface area contributed by atoms with Crippen molar-refractivity contribution in [3.05, 3.63) is 23.8 Å². The maximum atomic E-state index is 12.5. The van der Waals surface area contributed by atoms with E-state index in [0.29, 0.717) is 37.9 Å². The van der Waals surface area contributed by atoms with E-state index in [4.69, 9.17) is 18.9 Å². The number of amides is 1. The van der Waals surface area contributed by atoms with Gasteiger partial charge in [0.05, 0.1) is 32.5 Å². The van der Waals surface area contributed by atoms with Crippen molar-refractivity contribution in [1.29, 1.82) is 0 Å². The Labute approximate surface area is 161 Å². The monoisotopic (exact) mass is 388 g/mol. The molecule has 148 valence electrons. The van der Waals surface area contributed by atoms with Crippen LogP contribution in [0, 0.1) is 0 Å². The quantitative estimate of drug-likeness (QED) is 0.660. The molecule has 3 atom stereocenters. The van der Waals surface area contributed by atoms with Crippen LogP contribution in [0.3, 0.4) is 0 Å². The standard InChI is InChI=1S/C18H28N2O5.ClH/c1-12(20-18(21)17-13(2)24-8-7-19-17)14-5-6-15(16(11-14)23-4)25-10-9-22-3;/h5-6,11-13,17,19H,7-10H2,1-4H3,(H,20,21);1H/t12?,13-,17+;/m1./s1. The number of rotatable bonds is 8. The van der Waals surface area contributed by atoms with E-state index >= 15 is 0 Å². The second-order valence-corrected chi connectivity index (χ2v) is 5.99. The molecule has 1 aliphatic rings. The largest absolute Gasteiger partial charge is 0.493 e. The predicted molar refractivity (Wildman–Crippen MR) is 101 cm³/mol. The Morgan fingerprint density at radius 2 is 2.12 bits per heavy atom. The summed E-state index contributed by atoms with van der Waals surface area (Å²) in [6, 6.07) is 5.14. The summed E-state index contributed by atoms with van der Waals surface area (Å²) >= 11 is 0. The molecular formula is C18H29ClN2O5. The van der Waals surface area contributed by atoms with Gasteiger partial charge < -0.3 is 29.6 Å². The Hall–Kier alpha value is -1.54. The van der Waals surface area contributed by atoms with Gasteiger partial charge in [-0.2, -0.15) is 0 Å². The minimum absolute atomic E-state index is 0. The van der Waals surface area contributed by atoms with Crippen LogP contribution < -0.4 is 20.1 Å². The Balaban J connectivity index is 0.00000338. The molecule has 1 aromatic carbocycles. The highest BCUT2D eigenvalue weighted by Crippen LogP contribution is 2.30. The maximum Gasteiger partial charge on any atom is 0.240 e. The van der Waals surface area contributed by atoms with Crippen molar-refractivity contribution in [3.8, 4) is 11.5 Å². The van der Waals surface area contributed by atoms with Crippen LogP contribution in [0.25, 0.3) is 0 Å². The fraction of sp³-hybridized carbons (Fsp3) is 0.611. The topological polar surface area (TPSA) is 78.1 Å². The molecule has 1 aromatic rings.